The van der Waals surface area contributed by atoms with Crippen LogP contribution in [0.2, 0.25) is 0 Å². The lowest BCUT2D eigenvalue weighted by Crippen LogP contribution is -2.47. The largest absolute Gasteiger partial charge is 0.509 e. The van der Waals surface area contributed by atoms with Crippen LogP contribution in [-0.2, 0) is 6.42 Å². The number of rotatable bonds is 8. The van der Waals surface area contributed by atoms with Gasteiger partial charge in [0.25, 0.3) is 0 Å². The van der Waals surface area contributed by atoms with Crippen molar-refractivity contribution in [1.82, 2.24) is 0 Å². The van der Waals surface area contributed by atoms with Crippen LogP contribution in [0.3, 0.4) is 0 Å². The van der Waals surface area contributed by atoms with Crippen molar-refractivity contribution in [2.24, 2.45) is 0 Å². The first kappa shape index (κ1) is 23.4. The second-order valence-corrected chi connectivity index (χ2v) is 8.50. The highest BCUT2D eigenvalue weighted by Crippen LogP contribution is 2.52. The molecule has 0 amide bonds. The summed E-state index contributed by atoms with van der Waals surface area (Å²) in [5.41, 5.74) is 5.57. The molecule has 0 spiro atoms. The molecule has 0 saturated carbocycles. The van der Waals surface area contributed by atoms with Gasteiger partial charge in [-0.25, -0.2) is 0 Å². The average molecular weight is 429 g/mol. The van der Waals surface area contributed by atoms with Crippen molar-refractivity contribution in [2.75, 3.05) is 6.61 Å². The van der Waals surface area contributed by atoms with Gasteiger partial charge in [0.2, 0.25) is 0 Å². The van der Waals surface area contributed by atoms with Gasteiger partial charge >= 0.3 is 0 Å². The van der Waals surface area contributed by atoms with Crippen LogP contribution < -0.4 is 0 Å². The zero-order valence-corrected chi connectivity index (χ0v) is 18.1. The number of hydrogen-bond donors (Lipinski definition) is 6. The molecule has 6 nitrogen and oxygen atoms in total. The van der Waals surface area contributed by atoms with Crippen LogP contribution in [0.15, 0.2) is 48.2 Å². The standard InChI is InChI=1S/C25H32O6/c1-4-14-5-7-15(8-6-14)20-18-11-16(13(2)3)9-10-17(18)21(20)23(29)25(31)24(30)22(28)19(27)12-26/h5-11,13,19-20,22,24-31H,4,12H2,1-3H3/t19-,20?,22-,24+,25+/m1/s1. The first-order chi connectivity index (χ1) is 14.7. The molecule has 1 aliphatic rings. The summed E-state index contributed by atoms with van der Waals surface area (Å²) in [6.07, 6.45) is -6.23. The van der Waals surface area contributed by atoms with Gasteiger partial charge < -0.3 is 30.6 Å². The minimum atomic E-state index is -1.86. The molecular weight excluding hydrogens is 396 g/mol. The zero-order chi connectivity index (χ0) is 22.9. The fraction of sp³-hybridized carbons (Fsp3) is 0.440. The highest BCUT2D eigenvalue weighted by Gasteiger charge is 2.41. The van der Waals surface area contributed by atoms with Gasteiger partial charge in [0.05, 0.1) is 6.61 Å². The van der Waals surface area contributed by atoms with E-state index in [2.05, 4.69) is 26.8 Å². The number of aliphatic hydroxyl groups is 6. The van der Waals surface area contributed by atoms with Crippen LogP contribution in [0.25, 0.3) is 5.57 Å². The molecule has 0 saturated heterocycles. The average Bonchev–Trinajstić information content (AvgIpc) is 2.77. The minimum Gasteiger partial charge on any atom is -0.509 e. The van der Waals surface area contributed by atoms with E-state index in [-0.39, 0.29) is 5.92 Å². The number of hydrogen-bond acceptors (Lipinski definition) is 6. The number of fused-ring (bicyclic) bond motifs is 1. The normalized spacial score (nSPS) is 21.1. The summed E-state index contributed by atoms with van der Waals surface area (Å²) < 4.78 is 0. The van der Waals surface area contributed by atoms with Gasteiger partial charge in [-0.1, -0.05) is 63.2 Å². The lowest BCUT2D eigenvalue weighted by Gasteiger charge is -2.37. The number of aliphatic hydroxyl groups excluding tert-OH is 6. The lowest BCUT2D eigenvalue weighted by atomic mass is 9.67. The summed E-state index contributed by atoms with van der Waals surface area (Å²) in [7, 11) is 0. The third-order valence-electron chi connectivity index (χ3n) is 6.16. The van der Waals surface area contributed by atoms with Crippen molar-refractivity contribution >= 4 is 5.57 Å². The second-order valence-electron chi connectivity index (χ2n) is 8.50. The molecule has 0 fully saturated rings. The molecule has 5 atom stereocenters. The Hall–Kier alpha value is -2.22. The van der Waals surface area contributed by atoms with Crippen LogP contribution in [-0.4, -0.2) is 61.7 Å². The molecule has 6 N–H and O–H groups in total. The van der Waals surface area contributed by atoms with E-state index in [1.165, 1.54) is 5.56 Å². The van der Waals surface area contributed by atoms with Crippen LogP contribution in [0.1, 0.15) is 60.4 Å². The Bertz CT molecular complexity index is 934. The fourth-order valence-corrected chi connectivity index (χ4v) is 4.08. The topological polar surface area (TPSA) is 121 Å². The summed E-state index contributed by atoms with van der Waals surface area (Å²) in [6, 6.07) is 14.0. The van der Waals surface area contributed by atoms with Gasteiger partial charge in [0.15, 0.2) is 0 Å². The molecule has 1 aliphatic carbocycles. The Labute approximate surface area is 182 Å². The smallest absolute Gasteiger partial charge is 0.139 e. The van der Waals surface area contributed by atoms with Crippen molar-refractivity contribution < 1.29 is 30.6 Å². The van der Waals surface area contributed by atoms with Crippen molar-refractivity contribution in [3.63, 3.8) is 0 Å². The SMILES string of the molecule is CCc1ccc(C2C(=C(O)[C@H](O)[C@@H](O)[C@H](O)[C@H](O)CO)c3ccc(C(C)C)cc32)cc1. The highest BCUT2D eigenvalue weighted by molar-refractivity contribution is 5.88. The number of allylic oxidation sites excluding steroid dienone is 1. The molecule has 0 radical (unpaired) electrons. The molecule has 0 heterocycles. The molecular formula is C25H32O6. The van der Waals surface area contributed by atoms with Gasteiger partial charge in [-0.15, -0.1) is 0 Å². The Morgan fingerprint density at radius 2 is 1.58 bits per heavy atom. The van der Waals surface area contributed by atoms with Crippen LogP contribution in [0, 0.1) is 0 Å². The predicted molar refractivity (Wildman–Crippen MR) is 119 cm³/mol. The monoisotopic (exact) mass is 428 g/mol. The summed E-state index contributed by atoms with van der Waals surface area (Å²) in [4.78, 5) is 0. The van der Waals surface area contributed by atoms with Gasteiger partial charge in [-0.2, -0.15) is 0 Å². The first-order valence-corrected chi connectivity index (χ1v) is 10.7. The van der Waals surface area contributed by atoms with Crippen molar-refractivity contribution in [1.29, 1.82) is 0 Å². The summed E-state index contributed by atoms with van der Waals surface area (Å²) >= 11 is 0. The van der Waals surface area contributed by atoms with E-state index in [9.17, 15) is 25.5 Å². The van der Waals surface area contributed by atoms with E-state index in [1.807, 2.05) is 36.4 Å². The third kappa shape index (κ3) is 4.40. The Balaban J connectivity index is 2.06. The molecule has 168 valence electrons. The quantitative estimate of drug-likeness (QED) is 0.359. The molecule has 6 heteroatoms. The number of aryl methyl sites for hydroxylation is 1. The van der Waals surface area contributed by atoms with Gasteiger partial charge in [-0.05, 0) is 40.2 Å². The highest BCUT2D eigenvalue weighted by atomic mass is 16.4. The summed E-state index contributed by atoms with van der Waals surface area (Å²) in [5, 5.41) is 60.2. The van der Waals surface area contributed by atoms with Crippen molar-refractivity contribution in [2.45, 2.75) is 63.4 Å². The van der Waals surface area contributed by atoms with Crippen molar-refractivity contribution in [3.8, 4) is 0 Å². The van der Waals surface area contributed by atoms with E-state index in [1.54, 1.807) is 0 Å². The maximum atomic E-state index is 10.9. The van der Waals surface area contributed by atoms with E-state index < -0.39 is 36.8 Å². The molecule has 0 aromatic heterocycles. The number of benzene rings is 2. The first-order valence-electron chi connectivity index (χ1n) is 10.7. The van der Waals surface area contributed by atoms with Gasteiger partial charge in [0.1, 0.15) is 30.2 Å². The maximum absolute atomic E-state index is 10.9. The molecule has 2 aromatic carbocycles. The Morgan fingerprint density at radius 3 is 2.13 bits per heavy atom. The Morgan fingerprint density at radius 1 is 0.935 bits per heavy atom. The Kier molecular flexibility index (Phi) is 7.19. The molecule has 31 heavy (non-hydrogen) atoms. The van der Waals surface area contributed by atoms with E-state index in [4.69, 9.17) is 5.11 Å². The molecule has 0 aliphatic heterocycles. The summed E-state index contributed by atoms with van der Waals surface area (Å²) in [6.45, 7) is 5.50. The maximum Gasteiger partial charge on any atom is 0.139 e. The van der Waals surface area contributed by atoms with Gasteiger partial charge in [0, 0.05) is 11.5 Å². The predicted octanol–water partition coefficient (Wildman–Crippen LogP) is 2.22. The third-order valence-corrected chi connectivity index (χ3v) is 6.16. The van der Waals surface area contributed by atoms with Crippen LogP contribution in [0.5, 0.6) is 0 Å². The van der Waals surface area contributed by atoms with E-state index in [0.29, 0.717) is 11.5 Å². The molecule has 1 unspecified atom stereocenters. The zero-order valence-electron chi connectivity index (χ0n) is 18.1. The fourth-order valence-electron chi connectivity index (χ4n) is 4.08. The van der Waals surface area contributed by atoms with Crippen LogP contribution >= 0.6 is 0 Å². The second kappa shape index (κ2) is 9.51. The van der Waals surface area contributed by atoms with Gasteiger partial charge in [-0.3, -0.25) is 0 Å². The molecule has 2 aromatic rings. The molecule has 0 bridgehead atoms. The minimum absolute atomic E-state index is 0.290. The van der Waals surface area contributed by atoms with Crippen molar-refractivity contribution in [3.05, 3.63) is 76.0 Å². The molecule has 3 rings (SSSR count). The van der Waals surface area contributed by atoms with E-state index in [0.717, 1.165) is 28.7 Å². The van der Waals surface area contributed by atoms with E-state index >= 15 is 0 Å². The van der Waals surface area contributed by atoms with Crippen LogP contribution in [0.4, 0.5) is 0 Å². The lowest BCUT2D eigenvalue weighted by molar-refractivity contribution is -0.112. The summed E-state index contributed by atoms with van der Waals surface area (Å²) in [5.74, 6) is -0.412.